The smallest absolute Gasteiger partial charge is 0.328 e. The summed E-state index contributed by atoms with van der Waals surface area (Å²) in [4.78, 5) is 28.0. The van der Waals surface area contributed by atoms with Gasteiger partial charge in [0.25, 0.3) is 0 Å². The Balaban J connectivity index is 2.58. The van der Waals surface area contributed by atoms with Gasteiger partial charge in [-0.25, -0.2) is 9.78 Å². The monoisotopic (exact) mass is 305 g/mol. The average molecular weight is 305 g/mol. The molecule has 2 N–H and O–H groups in total. The Hall–Kier alpha value is -2.57. The summed E-state index contributed by atoms with van der Waals surface area (Å²) in [6, 6.07) is 3.36. The van der Waals surface area contributed by atoms with E-state index in [4.69, 9.17) is 9.84 Å². The first-order chi connectivity index (χ1) is 10.3. The molecule has 0 aliphatic rings. The number of methoxy groups -OCH3 is 1. The lowest BCUT2D eigenvalue weighted by Gasteiger charge is -2.22. The summed E-state index contributed by atoms with van der Waals surface area (Å²) < 4.78 is 6.49. The van der Waals surface area contributed by atoms with E-state index in [2.05, 4.69) is 10.3 Å². The Morgan fingerprint density at radius 3 is 2.68 bits per heavy atom. The van der Waals surface area contributed by atoms with E-state index in [0.29, 0.717) is 23.4 Å². The molecule has 0 aliphatic heterocycles. The van der Waals surface area contributed by atoms with E-state index in [1.165, 1.54) is 17.7 Å². The van der Waals surface area contributed by atoms with Crippen LogP contribution in [0.1, 0.15) is 26.5 Å². The van der Waals surface area contributed by atoms with E-state index in [9.17, 15) is 9.59 Å². The third-order valence-electron chi connectivity index (χ3n) is 3.38. The lowest BCUT2D eigenvalue weighted by Crippen LogP contribution is -2.40. The van der Waals surface area contributed by atoms with Gasteiger partial charge in [-0.15, -0.1) is 0 Å². The van der Waals surface area contributed by atoms with Crippen LogP contribution in [0.25, 0.3) is 5.65 Å². The van der Waals surface area contributed by atoms with Crippen LogP contribution < -0.4 is 15.6 Å². The van der Waals surface area contributed by atoms with Crippen LogP contribution in [0.2, 0.25) is 0 Å². The number of carboxylic acids is 1. The van der Waals surface area contributed by atoms with Crippen LogP contribution >= 0.6 is 0 Å². The zero-order valence-electron chi connectivity index (χ0n) is 13.0. The number of aliphatic carboxylic acids is 1. The topological polar surface area (TPSA) is 92.9 Å². The normalized spacial score (nSPS) is 11.5. The van der Waals surface area contributed by atoms with Crippen LogP contribution in [0.3, 0.4) is 0 Å². The first-order valence-corrected chi connectivity index (χ1v) is 6.91. The van der Waals surface area contributed by atoms with Gasteiger partial charge in [0.2, 0.25) is 5.75 Å². The Morgan fingerprint density at radius 2 is 2.14 bits per heavy atom. The van der Waals surface area contributed by atoms with Crippen molar-refractivity contribution < 1.29 is 14.6 Å². The maximum atomic E-state index is 12.4. The Kier molecular flexibility index (Phi) is 4.07. The van der Waals surface area contributed by atoms with Gasteiger partial charge in [0.1, 0.15) is 11.2 Å². The SMILES string of the molecule is CCc1nc2ccc(NC(C)(C)C(=O)O)cn2c(=O)c1OC. The van der Waals surface area contributed by atoms with Crippen molar-refractivity contribution in [3.8, 4) is 5.75 Å². The number of aryl methyl sites for hydroxylation is 1. The molecule has 22 heavy (non-hydrogen) atoms. The summed E-state index contributed by atoms with van der Waals surface area (Å²) in [6.45, 7) is 4.98. The standard InChI is InChI=1S/C15H19N3O4/c1-5-10-12(22-4)13(19)18-8-9(6-7-11(18)16-10)17-15(2,3)14(20)21/h6-8,17H,5H2,1-4H3,(H,20,21). The molecular formula is C15H19N3O4. The summed E-state index contributed by atoms with van der Waals surface area (Å²) in [6.07, 6.45) is 2.11. The maximum absolute atomic E-state index is 12.4. The van der Waals surface area contributed by atoms with Crippen LogP contribution in [-0.4, -0.2) is 33.1 Å². The van der Waals surface area contributed by atoms with Crippen molar-refractivity contribution in [1.82, 2.24) is 9.38 Å². The fraction of sp³-hybridized carbons (Fsp3) is 0.400. The molecule has 7 nitrogen and oxygen atoms in total. The van der Waals surface area contributed by atoms with Crippen molar-refractivity contribution in [2.75, 3.05) is 12.4 Å². The van der Waals surface area contributed by atoms with Crippen LogP contribution in [0.4, 0.5) is 5.69 Å². The fourth-order valence-electron chi connectivity index (χ4n) is 2.10. The third-order valence-corrected chi connectivity index (χ3v) is 3.38. The van der Waals surface area contributed by atoms with E-state index < -0.39 is 11.5 Å². The highest BCUT2D eigenvalue weighted by atomic mass is 16.5. The second kappa shape index (κ2) is 5.67. The van der Waals surface area contributed by atoms with Gasteiger partial charge in [-0.05, 0) is 32.4 Å². The lowest BCUT2D eigenvalue weighted by atomic mass is 10.1. The van der Waals surface area contributed by atoms with Crippen molar-refractivity contribution in [3.05, 3.63) is 34.4 Å². The quantitative estimate of drug-likeness (QED) is 0.870. The van der Waals surface area contributed by atoms with Gasteiger partial charge in [0.05, 0.1) is 18.5 Å². The molecule has 2 rings (SSSR count). The zero-order chi connectivity index (χ0) is 16.5. The van der Waals surface area contributed by atoms with Gasteiger partial charge < -0.3 is 15.2 Å². The van der Waals surface area contributed by atoms with Gasteiger partial charge in [-0.3, -0.25) is 9.20 Å². The van der Waals surface area contributed by atoms with Gasteiger partial charge in [0, 0.05) is 6.20 Å². The molecule has 0 atom stereocenters. The van der Waals surface area contributed by atoms with Gasteiger partial charge in [0.15, 0.2) is 0 Å². The molecule has 0 unspecified atom stereocenters. The van der Waals surface area contributed by atoms with Crippen LogP contribution in [0.15, 0.2) is 23.1 Å². The minimum atomic E-state index is -1.15. The molecule has 2 aromatic rings. The lowest BCUT2D eigenvalue weighted by molar-refractivity contribution is -0.141. The van der Waals surface area contributed by atoms with E-state index in [0.717, 1.165) is 0 Å². The average Bonchev–Trinajstić information content (AvgIpc) is 2.47. The molecule has 0 aliphatic carbocycles. The molecule has 0 radical (unpaired) electrons. The van der Waals surface area contributed by atoms with E-state index >= 15 is 0 Å². The summed E-state index contributed by atoms with van der Waals surface area (Å²) in [5.41, 5.74) is 0.120. The van der Waals surface area contributed by atoms with Crippen molar-refractivity contribution in [1.29, 1.82) is 0 Å². The van der Waals surface area contributed by atoms with E-state index in [1.54, 1.807) is 26.0 Å². The predicted octanol–water partition coefficient (Wildman–Crippen LogP) is 1.54. The van der Waals surface area contributed by atoms with Crippen molar-refractivity contribution in [3.63, 3.8) is 0 Å². The number of hydrogen-bond acceptors (Lipinski definition) is 5. The van der Waals surface area contributed by atoms with Crippen molar-refractivity contribution in [2.24, 2.45) is 0 Å². The summed E-state index contributed by atoms with van der Waals surface area (Å²) in [5, 5.41) is 12.0. The molecule has 0 amide bonds. The van der Waals surface area contributed by atoms with E-state index in [-0.39, 0.29) is 11.3 Å². The largest absolute Gasteiger partial charge is 0.490 e. The first-order valence-electron chi connectivity index (χ1n) is 6.91. The number of rotatable bonds is 5. The molecule has 2 heterocycles. The molecule has 0 saturated carbocycles. The molecule has 0 bridgehead atoms. The number of fused-ring (bicyclic) bond motifs is 1. The minimum Gasteiger partial charge on any atom is -0.490 e. The molecule has 7 heteroatoms. The third kappa shape index (κ3) is 2.74. The van der Waals surface area contributed by atoms with Crippen molar-refractivity contribution >= 4 is 17.3 Å². The minimum absolute atomic E-state index is 0.203. The molecular weight excluding hydrogens is 286 g/mol. The van der Waals surface area contributed by atoms with Crippen LogP contribution in [0.5, 0.6) is 5.75 Å². The highest BCUT2D eigenvalue weighted by Crippen LogP contribution is 2.18. The van der Waals surface area contributed by atoms with Crippen molar-refractivity contribution in [2.45, 2.75) is 32.7 Å². The number of aromatic nitrogens is 2. The van der Waals surface area contributed by atoms with Crippen LogP contribution in [0, 0.1) is 0 Å². The van der Waals surface area contributed by atoms with Gasteiger partial charge >= 0.3 is 11.5 Å². The Bertz CT molecular complexity index is 780. The molecule has 118 valence electrons. The Morgan fingerprint density at radius 1 is 1.45 bits per heavy atom. The van der Waals surface area contributed by atoms with Gasteiger partial charge in [-0.1, -0.05) is 6.92 Å². The summed E-state index contributed by atoms with van der Waals surface area (Å²) >= 11 is 0. The molecule has 0 fully saturated rings. The summed E-state index contributed by atoms with van der Waals surface area (Å²) in [7, 11) is 1.43. The molecule has 2 aromatic heterocycles. The number of anilines is 1. The number of pyridine rings is 1. The van der Waals surface area contributed by atoms with E-state index in [1.807, 2.05) is 6.92 Å². The van der Waals surface area contributed by atoms with Gasteiger partial charge in [-0.2, -0.15) is 0 Å². The second-order valence-electron chi connectivity index (χ2n) is 5.45. The second-order valence-corrected chi connectivity index (χ2v) is 5.45. The number of carbonyl (C=O) groups is 1. The Labute approximate surface area is 127 Å². The number of nitrogens with zero attached hydrogens (tertiary/aromatic N) is 2. The first kappa shape index (κ1) is 15.8. The number of hydrogen-bond donors (Lipinski definition) is 2. The highest BCUT2D eigenvalue weighted by molar-refractivity contribution is 5.81. The predicted molar refractivity (Wildman–Crippen MR) is 82.7 cm³/mol. The zero-order valence-corrected chi connectivity index (χ0v) is 13.0. The molecule has 0 aromatic carbocycles. The fourth-order valence-corrected chi connectivity index (χ4v) is 2.10. The number of carboxylic acid groups (broad SMARTS) is 1. The molecule has 0 saturated heterocycles. The number of ether oxygens (including phenoxy) is 1. The van der Waals surface area contributed by atoms with Crippen LogP contribution in [-0.2, 0) is 11.2 Å². The number of nitrogens with one attached hydrogen (secondary N) is 1. The molecule has 0 spiro atoms. The highest BCUT2D eigenvalue weighted by Gasteiger charge is 2.26. The maximum Gasteiger partial charge on any atom is 0.328 e. The summed E-state index contributed by atoms with van der Waals surface area (Å²) in [5.74, 6) is -0.786.